The van der Waals surface area contributed by atoms with Gasteiger partial charge in [-0.2, -0.15) is 0 Å². The van der Waals surface area contributed by atoms with E-state index in [9.17, 15) is 4.79 Å². The summed E-state index contributed by atoms with van der Waals surface area (Å²) in [7, 11) is 0. The molecule has 0 saturated carbocycles. The molecule has 1 aromatic heterocycles. The standard InChI is InChI=1S/C14H16N2O2S/c1-10-12(14(17)18-15-10)9-11-5-6-13(19-11)16-7-3-2-4-8-16/h5-6,9H,2-4,7-8H2,1H3/b12-9-. The van der Waals surface area contributed by atoms with E-state index in [1.165, 1.54) is 24.3 Å². The normalized spacial score (nSPS) is 21.7. The number of oxime groups is 1. The van der Waals surface area contributed by atoms with Gasteiger partial charge in [-0.05, 0) is 44.4 Å². The average Bonchev–Trinajstić information content (AvgIpc) is 3.02. The second-order valence-corrected chi connectivity index (χ2v) is 5.93. The first-order valence-corrected chi connectivity index (χ1v) is 7.38. The first-order chi connectivity index (χ1) is 9.24. The van der Waals surface area contributed by atoms with Gasteiger partial charge in [0, 0.05) is 18.0 Å². The minimum atomic E-state index is -0.356. The number of carbonyl (C=O) groups excluding carboxylic acids is 1. The predicted octanol–water partition coefficient (Wildman–Crippen LogP) is 3.05. The fourth-order valence-electron chi connectivity index (χ4n) is 2.37. The summed E-state index contributed by atoms with van der Waals surface area (Å²) < 4.78 is 0. The van der Waals surface area contributed by atoms with Crippen molar-refractivity contribution < 1.29 is 9.63 Å². The fourth-order valence-corrected chi connectivity index (χ4v) is 3.37. The first kappa shape index (κ1) is 12.4. The Morgan fingerprint density at radius 1 is 1.32 bits per heavy atom. The molecule has 0 bridgehead atoms. The van der Waals surface area contributed by atoms with Crippen LogP contribution in [-0.4, -0.2) is 24.8 Å². The van der Waals surface area contributed by atoms with E-state index in [0.29, 0.717) is 11.3 Å². The minimum Gasteiger partial charge on any atom is -0.363 e. The van der Waals surface area contributed by atoms with E-state index >= 15 is 0 Å². The average molecular weight is 276 g/mol. The molecule has 0 atom stereocenters. The lowest BCUT2D eigenvalue weighted by molar-refractivity contribution is -0.136. The molecule has 0 radical (unpaired) electrons. The zero-order valence-corrected chi connectivity index (χ0v) is 11.7. The zero-order chi connectivity index (χ0) is 13.2. The van der Waals surface area contributed by atoms with Crippen molar-refractivity contribution in [1.82, 2.24) is 0 Å². The van der Waals surface area contributed by atoms with Crippen LogP contribution in [0.5, 0.6) is 0 Å². The van der Waals surface area contributed by atoms with Gasteiger partial charge in [0.1, 0.15) is 0 Å². The lowest BCUT2D eigenvalue weighted by Gasteiger charge is -2.27. The molecule has 0 aromatic carbocycles. The van der Waals surface area contributed by atoms with Gasteiger partial charge in [0.15, 0.2) is 0 Å². The Labute approximate surface area is 116 Å². The molecule has 19 heavy (non-hydrogen) atoms. The molecular weight excluding hydrogens is 260 g/mol. The highest BCUT2D eigenvalue weighted by Gasteiger charge is 2.22. The number of hydrogen-bond donors (Lipinski definition) is 0. The molecule has 2 aliphatic heterocycles. The molecule has 1 aromatic rings. The largest absolute Gasteiger partial charge is 0.367 e. The van der Waals surface area contributed by atoms with Crippen LogP contribution in [0.3, 0.4) is 0 Å². The van der Waals surface area contributed by atoms with Crippen LogP contribution >= 0.6 is 11.3 Å². The third-order valence-corrected chi connectivity index (χ3v) is 4.54. The molecule has 0 amide bonds. The summed E-state index contributed by atoms with van der Waals surface area (Å²) in [4.78, 5) is 19.6. The van der Waals surface area contributed by atoms with Gasteiger partial charge in [-0.3, -0.25) is 0 Å². The van der Waals surface area contributed by atoms with Gasteiger partial charge in [0.05, 0.1) is 16.3 Å². The third-order valence-electron chi connectivity index (χ3n) is 3.44. The Hall–Kier alpha value is -1.62. The summed E-state index contributed by atoms with van der Waals surface area (Å²) in [5.41, 5.74) is 1.21. The highest BCUT2D eigenvalue weighted by molar-refractivity contribution is 7.17. The van der Waals surface area contributed by atoms with Crippen molar-refractivity contribution in [3.63, 3.8) is 0 Å². The van der Waals surface area contributed by atoms with E-state index in [0.717, 1.165) is 18.0 Å². The molecule has 0 unspecified atom stereocenters. The van der Waals surface area contributed by atoms with Crippen molar-refractivity contribution in [3.8, 4) is 0 Å². The number of thiophene rings is 1. The summed E-state index contributed by atoms with van der Waals surface area (Å²) >= 11 is 1.72. The van der Waals surface area contributed by atoms with Crippen LogP contribution in [0.25, 0.3) is 6.08 Å². The van der Waals surface area contributed by atoms with Crippen LogP contribution in [0.15, 0.2) is 22.9 Å². The van der Waals surface area contributed by atoms with Gasteiger partial charge in [0.2, 0.25) is 0 Å². The molecule has 2 aliphatic rings. The molecule has 4 nitrogen and oxygen atoms in total. The van der Waals surface area contributed by atoms with Gasteiger partial charge in [-0.1, -0.05) is 5.16 Å². The maximum absolute atomic E-state index is 11.5. The molecule has 100 valence electrons. The number of rotatable bonds is 2. The maximum atomic E-state index is 11.5. The summed E-state index contributed by atoms with van der Waals surface area (Å²) in [6.45, 7) is 4.06. The van der Waals surface area contributed by atoms with Crippen molar-refractivity contribution in [2.45, 2.75) is 26.2 Å². The van der Waals surface area contributed by atoms with Crippen LogP contribution in [0, 0.1) is 0 Å². The Bertz CT molecular complexity index is 554. The Kier molecular flexibility index (Phi) is 3.38. The van der Waals surface area contributed by atoms with Crippen molar-refractivity contribution in [1.29, 1.82) is 0 Å². The SMILES string of the molecule is CC1=NOC(=O)/C1=C\c1ccc(N2CCCCC2)s1. The van der Waals surface area contributed by atoms with E-state index < -0.39 is 0 Å². The van der Waals surface area contributed by atoms with Crippen LogP contribution in [0.1, 0.15) is 31.1 Å². The van der Waals surface area contributed by atoms with Crippen LogP contribution in [0.4, 0.5) is 5.00 Å². The van der Waals surface area contributed by atoms with Crippen molar-refractivity contribution in [2.24, 2.45) is 5.16 Å². The number of nitrogens with zero attached hydrogens (tertiary/aromatic N) is 2. The lowest BCUT2D eigenvalue weighted by atomic mass is 10.1. The van der Waals surface area contributed by atoms with Crippen molar-refractivity contribution >= 4 is 34.1 Å². The quantitative estimate of drug-likeness (QED) is 0.616. The number of carbonyl (C=O) groups is 1. The van der Waals surface area contributed by atoms with E-state index in [2.05, 4.69) is 27.0 Å². The third kappa shape index (κ3) is 2.56. The number of hydrogen-bond acceptors (Lipinski definition) is 5. The van der Waals surface area contributed by atoms with Crippen molar-refractivity contribution in [3.05, 3.63) is 22.6 Å². The van der Waals surface area contributed by atoms with Gasteiger partial charge in [-0.15, -0.1) is 11.3 Å². The summed E-state index contributed by atoms with van der Waals surface area (Å²) in [6, 6.07) is 4.19. The smallest absolute Gasteiger partial charge is 0.363 e. The van der Waals surface area contributed by atoms with E-state index in [4.69, 9.17) is 0 Å². The number of piperidine rings is 1. The molecule has 1 saturated heterocycles. The molecule has 0 aliphatic carbocycles. The highest BCUT2D eigenvalue weighted by atomic mass is 32.1. The second kappa shape index (κ2) is 5.17. The van der Waals surface area contributed by atoms with E-state index in [1.807, 2.05) is 6.08 Å². The Balaban J connectivity index is 1.79. The fraction of sp³-hybridized carbons (Fsp3) is 0.429. The van der Waals surface area contributed by atoms with Gasteiger partial charge in [0.25, 0.3) is 0 Å². The lowest BCUT2D eigenvalue weighted by Crippen LogP contribution is -2.28. The second-order valence-electron chi connectivity index (χ2n) is 4.84. The topological polar surface area (TPSA) is 41.9 Å². The predicted molar refractivity (Wildman–Crippen MR) is 77.6 cm³/mol. The molecule has 0 spiro atoms. The highest BCUT2D eigenvalue weighted by Crippen LogP contribution is 2.30. The van der Waals surface area contributed by atoms with Crippen LogP contribution < -0.4 is 4.90 Å². The summed E-state index contributed by atoms with van der Waals surface area (Å²) in [5, 5.41) is 4.97. The molecule has 5 heteroatoms. The molecule has 3 heterocycles. The van der Waals surface area contributed by atoms with Crippen molar-refractivity contribution in [2.75, 3.05) is 18.0 Å². The molecular formula is C14H16N2O2S. The van der Waals surface area contributed by atoms with E-state index in [-0.39, 0.29) is 5.97 Å². The van der Waals surface area contributed by atoms with Gasteiger partial charge >= 0.3 is 5.97 Å². The summed E-state index contributed by atoms with van der Waals surface area (Å²) in [5.74, 6) is -0.356. The van der Waals surface area contributed by atoms with Gasteiger partial charge < -0.3 is 9.74 Å². The molecule has 1 fully saturated rings. The van der Waals surface area contributed by atoms with Crippen LogP contribution in [-0.2, 0) is 9.63 Å². The van der Waals surface area contributed by atoms with Crippen LogP contribution in [0.2, 0.25) is 0 Å². The Morgan fingerprint density at radius 3 is 2.79 bits per heavy atom. The monoisotopic (exact) mass is 276 g/mol. The summed E-state index contributed by atoms with van der Waals surface area (Å²) in [6.07, 6.45) is 5.74. The molecule has 3 rings (SSSR count). The number of anilines is 1. The maximum Gasteiger partial charge on any atom is 0.367 e. The Morgan fingerprint density at radius 2 is 2.11 bits per heavy atom. The molecule has 0 N–H and O–H groups in total. The first-order valence-electron chi connectivity index (χ1n) is 6.57. The van der Waals surface area contributed by atoms with E-state index in [1.54, 1.807) is 18.3 Å². The zero-order valence-electron chi connectivity index (χ0n) is 10.9. The van der Waals surface area contributed by atoms with Gasteiger partial charge in [-0.25, -0.2) is 4.79 Å². The minimum absolute atomic E-state index is 0.356.